The van der Waals surface area contributed by atoms with E-state index in [1.165, 1.54) is 9.58 Å². The maximum Gasteiger partial charge on any atom is 0.255 e. The van der Waals surface area contributed by atoms with Crippen LogP contribution in [0.25, 0.3) is 11.3 Å². The van der Waals surface area contributed by atoms with Crippen molar-refractivity contribution in [1.29, 1.82) is 0 Å². The van der Waals surface area contributed by atoms with E-state index < -0.39 is 11.9 Å². The molecule has 2 aliphatic rings. The van der Waals surface area contributed by atoms with E-state index in [1.807, 2.05) is 0 Å². The van der Waals surface area contributed by atoms with E-state index in [2.05, 4.69) is 20.9 Å². The molecule has 0 radical (unpaired) electrons. The fourth-order valence-electron chi connectivity index (χ4n) is 4.28. The van der Waals surface area contributed by atoms with Gasteiger partial charge in [-0.1, -0.05) is 22.9 Å². The third kappa shape index (κ3) is 4.33. The van der Waals surface area contributed by atoms with Gasteiger partial charge in [-0.2, -0.15) is 0 Å². The molecule has 0 spiro atoms. The van der Waals surface area contributed by atoms with Gasteiger partial charge >= 0.3 is 0 Å². The number of rotatable bonds is 5. The third-order valence-electron chi connectivity index (χ3n) is 5.97. The van der Waals surface area contributed by atoms with E-state index in [1.54, 1.807) is 42.6 Å². The van der Waals surface area contributed by atoms with Crippen LogP contribution in [0.4, 0.5) is 11.4 Å². The third-order valence-corrected chi connectivity index (χ3v) is 6.28. The monoisotopic (exact) mass is 493 g/mol. The van der Waals surface area contributed by atoms with E-state index in [0.717, 1.165) is 0 Å². The van der Waals surface area contributed by atoms with Crippen LogP contribution in [0.2, 0.25) is 5.02 Å². The van der Waals surface area contributed by atoms with Crippen LogP contribution in [0, 0.1) is 0 Å². The van der Waals surface area contributed by atoms with Gasteiger partial charge in [0.15, 0.2) is 0 Å². The molecule has 1 atom stereocenters. The number of nitrogens with two attached hydrogens (primary N) is 1. The van der Waals surface area contributed by atoms with Gasteiger partial charge in [-0.25, -0.2) is 4.68 Å². The zero-order valence-corrected chi connectivity index (χ0v) is 19.1. The molecule has 1 aromatic heterocycles. The van der Waals surface area contributed by atoms with Crippen LogP contribution < -0.4 is 16.4 Å². The molecule has 5 rings (SSSR count). The summed E-state index contributed by atoms with van der Waals surface area (Å²) in [6.07, 6.45) is 2.03. The lowest BCUT2D eigenvalue weighted by Gasteiger charge is -2.29. The van der Waals surface area contributed by atoms with Crippen LogP contribution in [0.15, 0.2) is 42.6 Å². The first-order valence-electron chi connectivity index (χ1n) is 10.8. The Bertz CT molecular complexity index is 1390. The number of piperidine rings is 1. The van der Waals surface area contributed by atoms with Crippen molar-refractivity contribution in [1.82, 2.24) is 25.2 Å². The number of fused-ring (bicyclic) bond motifs is 1. The second-order valence-corrected chi connectivity index (χ2v) is 8.73. The molecular formula is C23H20ClN7O4. The van der Waals surface area contributed by atoms with Crippen molar-refractivity contribution in [2.45, 2.75) is 32.0 Å². The molecule has 12 heteroatoms. The Kier molecular flexibility index (Phi) is 5.69. The van der Waals surface area contributed by atoms with Crippen LogP contribution in [-0.4, -0.2) is 49.6 Å². The molecule has 1 unspecified atom stereocenters. The van der Waals surface area contributed by atoms with Gasteiger partial charge in [0.1, 0.15) is 18.3 Å². The maximum atomic E-state index is 12.9. The summed E-state index contributed by atoms with van der Waals surface area (Å²) in [5.41, 5.74) is 8.88. The number of nitrogens with one attached hydrogen (secondary N) is 2. The van der Waals surface area contributed by atoms with Crippen LogP contribution in [-0.2, 0) is 27.5 Å². The van der Waals surface area contributed by atoms with Crippen molar-refractivity contribution in [3.8, 4) is 11.3 Å². The first-order valence-corrected chi connectivity index (χ1v) is 11.2. The Balaban J connectivity index is 1.29. The maximum absolute atomic E-state index is 12.9. The van der Waals surface area contributed by atoms with Crippen molar-refractivity contribution in [3.05, 3.63) is 58.7 Å². The summed E-state index contributed by atoms with van der Waals surface area (Å²) in [4.78, 5) is 50.9. The number of nitrogens with zero attached hydrogens (tertiary/aromatic N) is 4. The molecule has 1 saturated heterocycles. The molecule has 2 aromatic carbocycles. The summed E-state index contributed by atoms with van der Waals surface area (Å²) in [6.45, 7) is 0.0358. The van der Waals surface area contributed by atoms with E-state index in [4.69, 9.17) is 17.3 Å². The summed E-state index contributed by atoms with van der Waals surface area (Å²) < 4.78 is 1.38. The Morgan fingerprint density at radius 2 is 2.03 bits per heavy atom. The predicted molar refractivity (Wildman–Crippen MR) is 126 cm³/mol. The highest BCUT2D eigenvalue weighted by Crippen LogP contribution is 2.32. The van der Waals surface area contributed by atoms with E-state index in [0.29, 0.717) is 38.8 Å². The Hall–Kier alpha value is -4.25. The molecule has 0 bridgehead atoms. The molecule has 4 N–H and O–H groups in total. The van der Waals surface area contributed by atoms with Crippen LogP contribution >= 0.6 is 11.6 Å². The molecule has 0 saturated carbocycles. The summed E-state index contributed by atoms with van der Waals surface area (Å²) in [5, 5.41) is 13.6. The molecule has 35 heavy (non-hydrogen) atoms. The van der Waals surface area contributed by atoms with E-state index >= 15 is 0 Å². The number of carbonyl (C=O) groups is 4. The quantitative estimate of drug-likeness (QED) is 0.360. The minimum absolute atomic E-state index is 0.117. The average molecular weight is 494 g/mol. The Labute approximate surface area is 204 Å². The predicted octanol–water partition coefficient (Wildman–Crippen LogP) is 1.58. The zero-order valence-electron chi connectivity index (χ0n) is 18.3. The van der Waals surface area contributed by atoms with Crippen molar-refractivity contribution < 1.29 is 19.2 Å². The van der Waals surface area contributed by atoms with E-state index in [-0.39, 0.29) is 43.7 Å². The summed E-state index contributed by atoms with van der Waals surface area (Å²) in [7, 11) is 0. The summed E-state index contributed by atoms with van der Waals surface area (Å²) in [6, 6.07) is 9.31. The molecule has 3 aromatic rings. The zero-order chi connectivity index (χ0) is 24.7. The minimum Gasteiger partial charge on any atom is -0.399 e. The van der Waals surface area contributed by atoms with Gasteiger partial charge in [0.25, 0.3) is 5.91 Å². The van der Waals surface area contributed by atoms with Crippen LogP contribution in [0.1, 0.15) is 28.8 Å². The number of aromatic nitrogens is 3. The number of nitrogen functional groups attached to an aromatic ring is 1. The number of imide groups is 1. The number of carbonyl (C=O) groups excluding carboxylic acids is 4. The van der Waals surface area contributed by atoms with Gasteiger partial charge in [-0.15, -0.1) is 5.10 Å². The number of anilines is 2. The average Bonchev–Trinajstić information content (AvgIpc) is 3.39. The van der Waals surface area contributed by atoms with Gasteiger partial charge < -0.3 is 16.0 Å². The fraction of sp³-hybridized carbons (Fsp3) is 0.217. The molecule has 3 heterocycles. The van der Waals surface area contributed by atoms with Crippen molar-refractivity contribution in [3.63, 3.8) is 0 Å². The topological polar surface area (TPSA) is 152 Å². The molecule has 11 nitrogen and oxygen atoms in total. The first kappa shape index (κ1) is 22.5. The molecule has 178 valence electrons. The number of benzene rings is 2. The molecule has 4 amide bonds. The van der Waals surface area contributed by atoms with Crippen LogP contribution in [0.5, 0.6) is 0 Å². The summed E-state index contributed by atoms with van der Waals surface area (Å²) in [5.74, 6) is -1.52. The molecular weight excluding hydrogens is 474 g/mol. The lowest BCUT2D eigenvalue weighted by molar-refractivity contribution is -0.137. The van der Waals surface area contributed by atoms with E-state index in [9.17, 15) is 19.2 Å². The highest BCUT2D eigenvalue weighted by atomic mass is 35.5. The normalized spacial score (nSPS) is 17.3. The smallest absolute Gasteiger partial charge is 0.255 e. The van der Waals surface area contributed by atoms with Crippen molar-refractivity contribution in [2.24, 2.45) is 0 Å². The molecule has 1 fully saturated rings. The number of hydrogen-bond donors (Lipinski definition) is 3. The number of amides is 4. The lowest BCUT2D eigenvalue weighted by atomic mass is 10.0. The first-order chi connectivity index (χ1) is 16.8. The van der Waals surface area contributed by atoms with Gasteiger partial charge in [0, 0.05) is 41.0 Å². The number of halogens is 1. The van der Waals surface area contributed by atoms with Gasteiger partial charge in [0.2, 0.25) is 17.7 Å². The summed E-state index contributed by atoms with van der Waals surface area (Å²) >= 11 is 6.23. The highest BCUT2D eigenvalue weighted by molar-refractivity contribution is 6.33. The Morgan fingerprint density at radius 3 is 2.80 bits per heavy atom. The van der Waals surface area contributed by atoms with Gasteiger partial charge in [-0.3, -0.25) is 24.5 Å². The van der Waals surface area contributed by atoms with Crippen molar-refractivity contribution in [2.75, 3.05) is 11.1 Å². The molecule has 0 aliphatic carbocycles. The van der Waals surface area contributed by atoms with Gasteiger partial charge in [0.05, 0.1) is 11.2 Å². The molecule has 2 aliphatic heterocycles. The second kappa shape index (κ2) is 8.84. The Morgan fingerprint density at radius 1 is 1.20 bits per heavy atom. The second-order valence-electron chi connectivity index (χ2n) is 8.32. The van der Waals surface area contributed by atoms with Crippen LogP contribution in [0.3, 0.4) is 0 Å². The highest BCUT2D eigenvalue weighted by Gasteiger charge is 2.39. The largest absolute Gasteiger partial charge is 0.399 e. The standard InChI is InChI=1S/C23H20ClN7O4/c24-16-8-12(25)4-5-14(16)18-10-30(29-28-18)11-21(33)26-17-3-1-2-13-15(17)9-31(23(13)35)19-6-7-20(32)27-22(19)34/h1-5,8,10,19H,6-7,9,11,25H2,(H,26,33)(H,27,32,34). The van der Waals surface area contributed by atoms with Crippen molar-refractivity contribution >= 4 is 46.6 Å². The van der Waals surface area contributed by atoms with Gasteiger partial charge in [-0.05, 0) is 36.8 Å². The number of hydrogen-bond acceptors (Lipinski definition) is 7. The lowest BCUT2D eigenvalue weighted by Crippen LogP contribution is -2.52. The fourth-order valence-corrected chi connectivity index (χ4v) is 4.56. The minimum atomic E-state index is -0.732. The SMILES string of the molecule is Nc1ccc(-c2cn(CC(=O)Nc3cccc4c3CN(C3CCC(=O)NC3=O)C4=O)nn2)c(Cl)c1.